The summed E-state index contributed by atoms with van der Waals surface area (Å²) in [7, 11) is 3.12. The van der Waals surface area contributed by atoms with Gasteiger partial charge in [0.25, 0.3) is 17.7 Å². The molecule has 0 saturated heterocycles. The number of hydroxylamine groups is 1. The molecule has 0 fully saturated rings. The fraction of sp³-hybridized carbons (Fsp3) is 0.190. The molecule has 1 atom stereocenters. The quantitative estimate of drug-likeness (QED) is 0.365. The number of nitrogens with one attached hydrogen (secondary N) is 2. The van der Waals surface area contributed by atoms with Crippen LogP contribution >= 0.6 is 55.1 Å². The molecule has 0 aliphatic heterocycles. The lowest BCUT2D eigenvalue weighted by Gasteiger charge is -2.18. The number of benzene rings is 1. The van der Waals surface area contributed by atoms with Gasteiger partial charge in [0.1, 0.15) is 10.3 Å². The van der Waals surface area contributed by atoms with Crippen molar-refractivity contribution < 1.29 is 19.2 Å². The molecule has 2 aromatic heterocycles. The molecule has 0 spiro atoms. The highest BCUT2D eigenvalue weighted by Gasteiger charge is 2.24. The van der Waals surface area contributed by atoms with Crippen molar-refractivity contribution >= 4 is 78.5 Å². The van der Waals surface area contributed by atoms with E-state index in [1.54, 1.807) is 26.2 Å². The molecular weight excluding hydrogens is 631 g/mol. The van der Waals surface area contributed by atoms with Crippen LogP contribution in [0.2, 0.25) is 10.0 Å². The monoisotopic (exact) mass is 646 g/mol. The van der Waals surface area contributed by atoms with E-state index in [4.69, 9.17) is 28.0 Å². The molecular formula is C21H18Br2Cl2N6O4. The van der Waals surface area contributed by atoms with Gasteiger partial charge in [-0.05, 0) is 63.0 Å². The van der Waals surface area contributed by atoms with E-state index in [-0.39, 0.29) is 38.7 Å². The van der Waals surface area contributed by atoms with Crippen molar-refractivity contribution in [2.45, 2.75) is 13.0 Å². The van der Waals surface area contributed by atoms with Crippen molar-refractivity contribution in [1.29, 1.82) is 0 Å². The molecule has 3 rings (SSSR count). The summed E-state index contributed by atoms with van der Waals surface area (Å²) < 4.78 is 1.97. The highest BCUT2D eigenvalue weighted by Crippen LogP contribution is 2.32. The van der Waals surface area contributed by atoms with Gasteiger partial charge in [0, 0.05) is 35.9 Å². The second-order valence-electron chi connectivity index (χ2n) is 7.26. The Kier molecular flexibility index (Phi) is 8.89. The van der Waals surface area contributed by atoms with Crippen molar-refractivity contribution in [2.75, 3.05) is 19.4 Å². The first-order valence-electron chi connectivity index (χ1n) is 9.83. The van der Waals surface area contributed by atoms with E-state index in [0.717, 1.165) is 0 Å². The summed E-state index contributed by atoms with van der Waals surface area (Å²) in [5, 5.41) is 7.43. The maximum absolute atomic E-state index is 13.2. The van der Waals surface area contributed by atoms with Crippen LogP contribution in [-0.4, -0.2) is 57.6 Å². The topological polar surface area (TPSA) is 118 Å². The third-order valence-electron chi connectivity index (χ3n) is 4.51. The van der Waals surface area contributed by atoms with Gasteiger partial charge in [-0.15, -0.1) is 0 Å². The van der Waals surface area contributed by atoms with Crippen molar-refractivity contribution in [2.24, 2.45) is 0 Å². The van der Waals surface area contributed by atoms with Gasteiger partial charge in [0.05, 0.1) is 16.3 Å². The number of rotatable bonds is 7. The Morgan fingerprint density at radius 3 is 2.51 bits per heavy atom. The molecule has 10 nitrogen and oxygen atoms in total. The zero-order valence-electron chi connectivity index (χ0n) is 18.5. The number of aromatic nitrogens is 3. The number of hydrogen-bond acceptors (Lipinski definition) is 6. The lowest BCUT2D eigenvalue weighted by atomic mass is 10.1. The van der Waals surface area contributed by atoms with Crippen LogP contribution in [0.25, 0.3) is 5.82 Å². The van der Waals surface area contributed by atoms with Gasteiger partial charge in [-0.1, -0.05) is 23.2 Å². The Balaban J connectivity index is 1.91. The molecule has 35 heavy (non-hydrogen) atoms. The number of nitrogens with zero attached hydrogens (tertiary/aromatic N) is 4. The van der Waals surface area contributed by atoms with Gasteiger partial charge >= 0.3 is 0 Å². The average Bonchev–Trinajstić information content (AvgIpc) is 3.19. The molecule has 0 bridgehead atoms. The summed E-state index contributed by atoms with van der Waals surface area (Å²) in [6, 6.07) is 7.59. The number of carbonyl (C=O) groups excluding carboxylic acids is 3. The van der Waals surface area contributed by atoms with Crippen LogP contribution in [0.1, 0.15) is 27.8 Å². The van der Waals surface area contributed by atoms with Crippen LogP contribution < -0.4 is 10.8 Å². The van der Waals surface area contributed by atoms with Crippen LogP contribution in [0.15, 0.2) is 45.6 Å². The van der Waals surface area contributed by atoms with E-state index in [0.29, 0.717) is 9.08 Å². The summed E-state index contributed by atoms with van der Waals surface area (Å²) >= 11 is 18.9. The van der Waals surface area contributed by atoms with Crippen LogP contribution in [0, 0.1) is 0 Å². The third-order valence-corrected chi connectivity index (χ3v) is 6.03. The van der Waals surface area contributed by atoms with Crippen molar-refractivity contribution in [1.82, 2.24) is 25.1 Å². The number of carbonyl (C=O) groups is 3. The fourth-order valence-electron chi connectivity index (χ4n) is 2.88. The third kappa shape index (κ3) is 6.39. The highest BCUT2D eigenvalue weighted by molar-refractivity contribution is 9.10. The molecule has 0 radical (unpaired) electrons. The first-order valence-corrected chi connectivity index (χ1v) is 12.2. The van der Waals surface area contributed by atoms with Gasteiger partial charge in [0.15, 0.2) is 11.9 Å². The van der Waals surface area contributed by atoms with Crippen LogP contribution in [0.4, 0.5) is 5.69 Å². The first-order chi connectivity index (χ1) is 16.5. The normalized spacial score (nSPS) is 11.6. The van der Waals surface area contributed by atoms with Gasteiger partial charge < -0.3 is 10.2 Å². The largest absolute Gasteiger partial charge is 0.346 e. The van der Waals surface area contributed by atoms with Crippen molar-refractivity contribution in [3.8, 4) is 5.82 Å². The summed E-state index contributed by atoms with van der Waals surface area (Å²) in [6.45, 7) is 1.49. The maximum atomic E-state index is 13.2. The van der Waals surface area contributed by atoms with Crippen LogP contribution in [-0.2, 0) is 9.63 Å². The van der Waals surface area contributed by atoms with Gasteiger partial charge in [-0.25, -0.2) is 15.1 Å². The summed E-state index contributed by atoms with van der Waals surface area (Å²) in [6.07, 6.45) is 0.572. The number of likely N-dealkylation sites (N-methyl/N-ethyl adjacent to an activating group) is 1. The summed E-state index contributed by atoms with van der Waals surface area (Å²) in [5.41, 5.74) is 2.41. The number of hydrogen-bond donors (Lipinski definition) is 2. The minimum atomic E-state index is -0.940. The van der Waals surface area contributed by atoms with Crippen LogP contribution in [0.5, 0.6) is 0 Å². The molecule has 184 valence electrons. The molecule has 0 aliphatic carbocycles. The van der Waals surface area contributed by atoms with Gasteiger partial charge in [-0.2, -0.15) is 5.10 Å². The Morgan fingerprint density at radius 1 is 1.14 bits per heavy atom. The zero-order chi connectivity index (χ0) is 25.9. The second-order valence-corrected chi connectivity index (χ2v) is 9.77. The Bertz CT molecular complexity index is 1300. The molecule has 2 N–H and O–H groups in total. The Hall–Kier alpha value is -2.51. The van der Waals surface area contributed by atoms with Crippen LogP contribution in [0.3, 0.4) is 0 Å². The molecule has 3 amide bonds. The average molecular weight is 649 g/mol. The minimum Gasteiger partial charge on any atom is -0.346 e. The standard InChI is InChI=1S/C21H18Br2Cl2N6O4/c1-10(21(34)30(2)3)35-29-19(32)12-7-11(24)8-13(22)17(12)27-20(33)15-9-16(23)28-31(15)18-14(25)5-4-6-26-18/h4-10H,1-3H3,(H,27,33)(H,29,32). The van der Waals surface area contributed by atoms with Crippen molar-refractivity contribution in [3.05, 3.63) is 66.9 Å². The molecule has 14 heteroatoms. The smallest absolute Gasteiger partial charge is 0.277 e. The van der Waals surface area contributed by atoms with Gasteiger partial charge in [-0.3, -0.25) is 19.2 Å². The number of amides is 3. The van der Waals surface area contributed by atoms with E-state index < -0.39 is 17.9 Å². The minimum absolute atomic E-state index is 0.0109. The van der Waals surface area contributed by atoms with E-state index in [2.05, 4.69) is 52.7 Å². The van der Waals surface area contributed by atoms with Gasteiger partial charge in [0.2, 0.25) is 0 Å². The SMILES string of the molecule is CC(ONC(=O)c1cc(Cl)cc(Br)c1NC(=O)c1cc(Br)nn1-c1ncccc1Cl)C(=O)N(C)C. The number of halogens is 4. The molecule has 1 aromatic carbocycles. The second kappa shape index (κ2) is 11.5. The highest BCUT2D eigenvalue weighted by atomic mass is 79.9. The Morgan fingerprint density at radius 2 is 1.86 bits per heavy atom. The summed E-state index contributed by atoms with van der Waals surface area (Å²) in [4.78, 5) is 48.8. The fourth-order valence-corrected chi connectivity index (χ4v) is 4.36. The molecule has 0 aliphatic rings. The number of anilines is 1. The van der Waals surface area contributed by atoms with E-state index in [1.807, 2.05) is 0 Å². The summed E-state index contributed by atoms with van der Waals surface area (Å²) in [5.74, 6) is -1.45. The molecule has 2 heterocycles. The lowest BCUT2D eigenvalue weighted by Crippen LogP contribution is -2.38. The molecule has 0 saturated carbocycles. The molecule has 3 aromatic rings. The Labute approximate surface area is 227 Å². The number of pyridine rings is 1. The molecule has 1 unspecified atom stereocenters. The predicted octanol–water partition coefficient (Wildman–Crippen LogP) is 4.49. The van der Waals surface area contributed by atoms with Crippen molar-refractivity contribution in [3.63, 3.8) is 0 Å². The zero-order valence-corrected chi connectivity index (χ0v) is 23.2. The van der Waals surface area contributed by atoms with E-state index in [1.165, 1.54) is 40.9 Å². The first kappa shape index (κ1) is 27.1. The van der Waals surface area contributed by atoms with E-state index >= 15 is 0 Å². The maximum Gasteiger partial charge on any atom is 0.277 e. The lowest BCUT2D eigenvalue weighted by molar-refractivity contribution is -0.143. The predicted molar refractivity (Wildman–Crippen MR) is 138 cm³/mol. The van der Waals surface area contributed by atoms with E-state index in [9.17, 15) is 14.4 Å².